The molecule has 1 aromatic rings. The lowest BCUT2D eigenvalue weighted by atomic mass is 10.1. The summed E-state index contributed by atoms with van der Waals surface area (Å²) in [5, 5.41) is 4.24. The molecule has 0 aromatic heterocycles. The van der Waals surface area contributed by atoms with E-state index in [0.717, 1.165) is 5.69 Å². The van der Waals surface area contributed by atoms with Gasteiger partial charge in [0.2, 0.25) is 0 Å². The number of benzene rings is 1. The van der Waals surface area contributed by atoms with Crippen molar-refractivity contribution < 1.29 is 0 Å². The van der Waals surface area contributed by atoms with Gasteiger partial charge in [-0.15, -0.1) is 0 Å². The van der Waals surface area contributed by atoms with Gasteiger partial charge in [-0.25, -0.2) is 0 Å². The van der Waals surface area contributed by atoms with E-state index in [0.29, 0.717) is 10.0 Å². The highest BCUT2D eigenvalue weighted by Gasteiger charge is 1.96. The van der Waals surface area contributed by atoms with Crippen molar-refractivity contribution in [3.63, 3.8) is 0 Å². The number of unbranched alkanes of at least 4 members (excludes halogenated alkanes) is 6. The van der Waals surface area contributed by atoms with Gasteiger partial charge in [-0.05, 0) is 18.2 Å². The van der Waals surface area contributed by atoms with Crippen LogP contribution in [-0.2, 0) is 0 Å². The molecular weight excluding hydrogens is 277 g/mol. The first-order chi connectivity index (χ1) is 9.15. The molecule has 0 bridgehead atoms. The average molecular weight is 304 g/mol. The molecule has 0 amide bonds. The van der Waals surface area contributed by atoms with Crippen molar-refractivity contribution in [2.24, 2.45) is 0 Å². The summed E-state index contributed by atoms with van der Waals surface area (Å²) in [7, 11) is 1.81. The Kier molecular flexibility index (Phi) is 12.4. The minimum Gasteiger partial charge on any atom is -0.387 e. The maximum Gasteiger partial charge on any atom is 0.0652 e. The Bertz CT molecular complexity index is 321. The summed E-state index contributed by atoms with van der Waals surface area (Å²) in [4.78, 5) is 0. The molecule has 0 atom stereocenters. The highest BCUT2D eigenvalue weighted by Crippen LogP contribution is 2.24. The number of halogens is 2. The molecule has 0 aliphatic rings. The molecule has 1 aromatic carbocycles. The van der Waals surface area contributed by atoms with Crippen LogP contribution in [0, 0.1) is 0 Å². The Morgan fingerprint density at radius 1 is 0.895 bits per heavy atom. The monoisotopic (exact) mass is 303 g/mol. The lowest BCUT2D eigenvalue weighted by Gasteiger charge is -2.01. The lowest BCUT2D eigenvalue weighted by Crippen LogP contribution is -1.87. The molecule has 0 aliphatic heterocycles. The molecule has 1 rings (SSSR count). The van der Waals surface area contributed by atoms with E-state index in [2.05, 4.69) is 19.2 Å². The quantitative estimate of drug-likeness (QED) is 0.547. The smallest absolute Gasteiger partial charge is 0.0652 e. The average Bonchev–Trinajstić information content (AvgIpc) is 2.40. The summed E-state index contributed by atoms with van der Waals surface area (Å²) in [6.07, 6.45) is 9.97. The van der Waals surface area contributed by atoms with E-state index < -0.39 is 0 Å². The van der Waals surface area contributed by atoms with E-state index in [1.165, 1.54) is 44.9 Å². The van der Waals surface area contributed by atoms with Crippen LogP contribution in [0.4, 0.5) is 5.69 Å². The van der Waals surface area contributed by atoms with Crippen molar-refractivity contribution in [1.82, 2.24) is 0 Å². The molecule has 0 saturated heterocycles. The third kappa shape index (κ3) is 10.1. The number of hydrogen-bond donors (Lipinski definition) is 1. The van der Waals surface area contributed by atoms with Crippen molar-refractivity contribution in [3.8, 4) is 0 Å². The van der Waals surface area contributed by atoms with E-state index in [-0.39, 0.29) is 0 Å². The summed E-state index contributed by atoms with van der Waals surface area (Å²) >= 11 is 11.4. The van der Waals surface area contributed by atoms with Crippen molar-refractivity contribution in [2.75, 3.05) is 12.4 Å². The van der Waals surface area contributed by atoms with Gasteiger partial charge in [0.15, 0.2) is 0 Å². The Hall–Kier alpha value is -0.400. The van der Waals surface area contributed by atoms with Crippen molar-refractivity contribution in [1.29, 1.82) is 0 Å². The number of rotatable bonds is 7. The highest BCUT2D eigenvalue weighted by molar-refractivity contribution is 6.36. The van der Waals surface area contributed by atoms with Crippen molar-refractivity contribution >= 4 is 28.9 Å². The van der Waals surface area contributed by atoms with E-state index in [9.17, 15) is 0 Å². The number of nitrogens with one attached hydrogen (secondary N) is 1. The minimum atomic E-state index is 0.648. The van der Waals surface area contributed by atoms with Crippen LogP contribution in [0.15, 0.2) is 18.2 Å². The maximum atomic E-state index is 5.78. The topological polar surface area (TPSA) is 12.0 Å². The lowest BCUT2D eigenvalue weighted by molar-refractivity contribution is 0.602. The van der Waals surface area contributed by atoms with E-state index in [4.69, 9.17) is 23.2 Å². The molecule has 0 heterocycles. The van der Waals surface area contributed by atoms with E-state index in [1.807, 2.05) is 13.1 Å². The van der Waals surface area contributed by atoms with Gasteiger partial charge >= 0.3 is 0 Å². The van der Waals surface area contributed by atoms with Gasteiger partial charge in [-0.3, -0.25) is 0 Å². The predicted molar refractivity (Wildman–Crippen MR) is 89.7 cm³/mol. The molecule has 1 N–H and O–H groups in total. The van der Waals surface area contributed by atoms with Gasteiger partial charge in [-0.1, -0.05) is 82.0 Å². The molecule has 3 heteroatoms. The summed E-state index contributed by atoms with van der Waals surface area (Å²) < 4.78 is 0. The van der Waals surface area contributed by atoms with Gasteiger partial charge in [0.25, 0.3) is 0 Å². The molecule has 0 saturated carbocycles. The summed E-state index contributed by atoms with van der Waals surface area (Å²) in [6, 6.07) is 5.33. The largest absolute Gasteiger partial charge is 0.387 e. The van der Waals surface area contributed by atoms with Gasteiger partial charge in [0.05, 0.1) is 10.7 Å². The number of anilines is 1. The second-order valence-electron chi connectivity index (χ2n) is 4.64. The Morgan fingerprint density at radius 3 is 1.84 bits per heavy atom. The molecule has 0 aliphatic carbocycles. The van der Waals surface area contributed by atoms with Gasteiger partial charge < -0.3 is 5.32 Å². The molecular formula is C16H27Cl2N. The molecule has 0 fully saturated rings. The van der Waals surface area contributed by atoms with Crippen LogP contribution < -0.4 is 5.32 Å². The van der Waals surface area contributed by atoms with Crippen LogP contribution in [0.5, 0.6) is 0 Å². The summed E-state index contributed by atoms with van der Waals surface area (Å²) in [6.45, 7) is 4.53. The second-order valence-corrected chi connectivity index (χ2v) is 5.49. The fraction of sp³-hybridized carbons (Fsp3) is 0.625. The standard InChI is InChI=1S/C9H20.C7H7Cl2N/c1-3-5-7-9-8-6-4-2;1-10-7-3-2-5(8)4-6(7)9/h3-9H2,1-2H3;2-4,10H,1H3. The normalized spacial score (nSPS) is 9.74. The minimum absolute atomic E-state index is 0.648. The van der Waals surface area contributed by atoms with E-state index in [1.54, 1.807) is 12.1 Å². The molecule has 0 radical (unpaired) electrons. The highest BCUT2D eigenvalue weighted by atomic mass is 35.5. The summed E-state index contributed by atoms with van der Waals surface area (Å²) in [5.41, 5.74) is 0.895. The Balaban J connectivity index is 0.000000344. The Morgan fingerprint density at radius 2 is 1.42 bits per heavy atom. The van der Waals surface area contributed by atoms with Crippen molar-refractivity contribution in [2.45, 2.75) is 58.8 Å². The fourth-order valence-corrected chi connectivity index (χ4v) is 2.23. The van der Waals surface area contributed by atoms with Crippen molar-refractivity contribution in [3.05, 3.63) is 28.2 Å². The van der Waals surface area contributed by atoms with Crippen LogP contribution in [0.3, 0.4) is 0 Å². The molecule has 0 spiro atoms. The van der Waals surface area contributed by atoms with Crippen LogP contribution in [0.25, 0.3) is 0 Å². The zero-order chi connectivity index (χ0) is 14.5. The van der Waals surface area contributed by atoms with Gasteiger partial charge in [0, 0.05) is 12.1 Å². The molecule has 1 nitrogen and oxygen atoms in total. The van der Waals surface area contributed by atoms with Crippen LogP contribution in [0.1, 0.15) is 58.8 Å². The zero-order valence-corrected chi connectivity index (χ0v) is 13.9. The second kappa shape index (κ2) is 12.6. The molecule has 110 valence electrons. The fourth-order valence-electron chi connectivity index (χ4n) is 1.72. The first kappa shape index (κ1) is 18.6. The Labute approximate surface area is 128 Å². The van der Waals surface area contributed by atoms with Gasteiger partial charge in [-0.2, -0.15) is 0 Å². The summed E-state index contributed by atoms with van der Waals surface area (Å²) in [5.74, 6) is 0. The van der Waals surface area contributed by atoms with E-state index >= 15 is 0 Å². The molecule has 0 unspecified atom stereocenters. The zero-order valence-electron chi connectivity index (χ0n) is 12.4. The van der Waals surface area contributed by atoms with Crippen LogP contribution in [0.2, 0.25) is 10.0 Å². The SMILES string of the molecule is CCCCCCCCC.CNc1ccc(Cl)cc1Cl. The van der Waals surface area contributed by atoms with Crippen LogP contribution >= 0.6 is 23.2 Å². The van der Waals surface area contributed by atoms with Crippen LogP contribution in [-0.4, -0.2) is 7.05 Å². The predicted octanol–water partition coefficient (Wildman–Crippen LogP) is 6.79. The third-order valence-corrected chi connectivity index (χ3v) is 3.46. The first-order valence-corrected chi connectivity index (χ1v) is 8.04. The first-order valence-electron chi connectivity index (χ1n) is 7.28. The number of hydrogen-bond acceptors (Lipinski definition) is 1. The molecule has 19 heavy (non-hydrogen) atoms. The maximum absolute atomic E-state index is 5.78. The van der Waals surface area contributed by atoms with Gasteiger partial charge in [0.1, 0.15) is 0 Å². The third-order valence-electron chi connectivity index (χ3n) is 2.91.